The summed E-state index contributed by atoms with van der Waals surface area (Å²) in [6, 6.07) is 3.32. The van der Waals surface area contributed by atoms with Gasteiger partial charge >= 0.3 is 5.97 Å². The first-order valence-electron chi connectivity index (χ1n) is 11.1. The zero-order chi connectivity index (χ0) is 22.2. The molecular weight excluding hydrogens is 384 g/mol. The van der Waals surface area contributed by atoms with E-state index in [-0.39, 0.29) is 17.1 Å². The van der Waals surface area contributed by atoms with Gasteiger partial charge < -0.3 is 20.1 Å². The quantitative estimate of drug-likeness (QED) is 0.269. The molecule has 0 amide bonds. The predicted octanol–water partition coefficient (Wildman–Crippen LogP) is 5.12. The summed E-state index contributed by atoms with van der Waals surface area (Å²) >= 11 is 0. The number of hydrogen-bond donors (Lipinski definition) is 3. The number of phenolic OH excluding ortho intramolecular Hbond substituents is 2. The minimum Gasteiger partial charge on any atom is -0.508 e. The van der Waals surface area contributed by atoms with Gasteiger partial charge in [0.15, 0.2) is 0 Å². The van der Waals surface area contributed by atoms with Crippen molar-refractivity contribution in [3.05, 3.63) is 23.3 Å². The van der Waals surface area contributed by atoms with Crippen LogP contribution in [0.1, 0.15) is 89.2 Å². The minimum absolute atomic E-state index is 0.115. The van der Waals surface area contributed by atoms with Crippen LogP contribution < -0.4 is 0 Å². The highest BCUT2D eigenvalue weighted by atomic mass is 16.5. The monoisotopic (exact) mass is 420 g/mol. The summed E-state index contributed by atoms with van der Waals surface area (Å²) < 4.78 is 5.16. The lowest BCUT2D eigenvalue weighted by Crippen LogP contribution is -2.23. The van der Waals surface area contributed by atoms with Gasteiger partial charge in [-0.25, -0.2) is 0 Å². The Morgan fingerprint density at radius 3 is 2.07 bits per heavy atom. The van der Waals surface area contributed by atoms with Crippen molar-refractivity contribution in [1.29, 1.82) is 0 Å². The molecule has 0 bridgehead atoms. The fraction of sp³-hybridized carbons (Fsp3) is 0.667. The zero-order valence-corrected chi connectivity index (χ0v) is 18.3. The van der Waals surface area contributed by atoms with Crippen LogP contribution in [0.25, 0.3) is 0 Å². The van der Waals surface area contributed by atoms with Gasteiger partial charge in [0.05, 0.1) is 5.41 Å². The molecule has 3 N–H and O–H groups in total. The van der Waals surface area contributed by atoms with Crippen LogP contribution in [0.2, 0.25) is 0 Å². The molecule has 1 fully saturated rings. The molecule has 6 heteroatoms. The maximum atomic E-state index is 11.2. The molecule has 30 heavy (non-hydrogen) atoms. The Kier molecular flexibility index (Phi) is 8.56. The molecule has 0 atom stereocenters. The summed E-state index contributed by atoms with van der Waals surface area (Å²) in [5.74, 6) is -0.530. The Labute approximate surface area is 179 Å². The van der Waals surface area contributed by atoms with Gasteiger partial charge in [0.1, 0.15) is 17.1 Å². The van der Waals surface area contributed by atoms with Crippen molar-refractivity contribution in [3.8, 4) is 11.5 Å². The van der Waals surface area contributed by atoms with E-state index in [1.807, 2.05) is 6.07 Å². The second kappa shape index (κ2) is 10.7. The van der Waals surface area contributed by atoms with E-state index in [4.69, 9.17) is 9.84 Å². The predicted molar refractivity (Wildman–Crippen MR) is 115 cm³/mol. The first kappa shape index (κ1) is 24.0. The molecule has 1 aliphatic carbocycles. The number of carbonyl (C=O) groups is 2. The normalized spacial score (nSPS) is 15.0. The van der Waals surface area contributed by atoms with Crippen molar-refractivity contribution < 1.29 is 29.6 Å². The lowest BCUT2D eigenvalue weighted by molar-refractivity contribution is -0.147. The molecule has 6 nitrogen and oxygen atoms in total. The van der Waals surface area contributed by atoms with Crippen molar-refractivity contribution >= 4 is 12.4 Å². The van der Waals surface area contributed by atoms with E-state index >= 15 is 0 Å². The average Bonchev–Trinajstić information content (AvgIpc) is 3.43. The fourth-order valence-electron chi connectivity index (χ4n) is 3.85. The topological polar surface area (TPSA) is 104 Å². The van der Waals surface area contributed by atoms with Crippen molar-refractivity contribution in [2.75, 3.05) is 0 Å². The van der Waals surface area contributed by atoms with Crippen LogP contribution in [0.15, 0.2) is 12.1 Å². The van der Waals surface area contributed by atoms with E-state index in [9.17, 15) is 19.8 Å². The Morgan fingerprint density at radius 2 is 1.57 bits per heavy atom. The van der Waals surface area contributed by atoms with Crippen LogP contribution in [-0.2, 0) is 27.2 Å². The van der Waals surface area contributed by atoms with E-state index in [1.165, 1.54) is 6.07 Å². The van der Waals surface area contributed by atoms with E-state index in [1.54, 1.807) is 13.8 Å². The van der Waals surface area contributed by atoms with Crippen LogP contribution in [0, 0.1) is 5.41 Å². The molecule has 1 aromatic rings. The second-order valence-electron chi connectivity index (χ2n) is 9.32. The number of benzene rings is 1. The first-order valence-corrected chi connectivity index (χ1v) is 11.1. The number of aromatic hydroxyl groups is 2. The molecule has 0 radical (unpaired) electrons. The van der Waals surface area contributed by atoms with Gasteiger partial charge in [-0.15, -0.1) is 0 Å². The van der Waals surface area contributed by atoms with Crippen molar-refractivity contribution in [1.82, 2.24) is 0 Å². The Bertz CT molecular complexity index is 721. The Balaban J connectivity index is 1.73. The molecule has 0 aliphatic heterocycles. The molecule has 2 rings (SSSR count). The second-order valence-corrected chi connectivity index (χ2v) is 9.32. The average molecular weight is 421 g/mol. The molecule has 0 spiro atoms. The molecule has 0 unspecified atom stereocenters. The van der Waals surface area contributed by atoms with E-state index < -0.39 is 11.4 Å². The molecule has 0 heterocycles. The van der Waals surface area contributed by atoms with E-state index in [0.29, 0.717) is 19.3 Å². The van der Waals surface area contributed by atoms with Crippen LogP contribution >= 0.6 is 0 Å². The first-order chi connectivity index (χ1) is 14.2. The third-order valence-corrected chi connectivity index (χ3v) is 6.29. The van der Waals surface area contributed by atoms with Gasteiger partial charge in [-0.2, -0.15) is 0 Å². The third kappa shape index (κ3) is 7.22. The number of carboxylic acid groups (broad SMARTS) is 1. The van der Waals surface area contributed by atoms with E-state index in [2.05, 4.69) is 0 Å². The smallest absolute Gasteiger partial charge is 0.309 e. The van der Waals surface area contributed by atoms with Crippen LogP contribution in [0.3, 0.4) is 0 Å². The zero-order valence-electron chi connectivity index (χ0n) is 18.3. The van der Waals surface area contributed by atoms with Gasteiger partial charge in [-0.3, -0.25) is 9.59 Å². The number of hydrogen-bond acceptors (Lipinski definition) is 5. The molecule has 0 aromatic heterocycles. The van der Waals surface area contributed by atoms with E-state index in [0.717, 1.165) is 75.3 Å². The van der Waals surface area contributed by atoms with Gasteiger partial charge in [0.25, 0.3) is 6.47 Å². The Morgan fingerprint density at radius 1 is 1.00 bits per heavy atom. The number of carboxylic acids is 1. The highest BCUT2D eigenvalue weighted by Gasteiger charge is 2.44. The van der Waals surface area contributed by atoms with Gasteiger partial charge in [-0.05, 0) is 88.8 Å². The van der Waals surface area contributed by atoms with Crippen LogP contribution in [0.5, 0.6) is 11.5 Å². The van der Waals surface area contributed by atoms with Crippen LogP contribution in [0.4, 0.5) is 0 Å². The molecular formula is C24H36O6. The summed E-state index contributed by atoms with van der Waals surface area (Å²) in [4.78, 5) is 21.7. The number of aliphatic carboxylic acids is 1. The maximum absolute atomic E-state index is 11.2. The van der Waals surface area contributed by atoms with Crippen molar-refractivity contribution in [2.24, 2.45) is 5.41 Å². The number of ether oxygens (including phenoxy) is 1. The molecule has 1 aliphatic rings. The summed E-state index contributed by atoms with van der Waals surface area (Å²) in [6.07, 6.45) is 10.4. The van der Waals surface area contributed by atoms with Crippen LogP contribution in [-0.4, -0.2) is 33.4 Å². The minimum atomic E-state index is -0.771. The summed E-state index contributed by atoms with van der Waals surface area (Å²) in [5.41, 5.74) is 0.776. The SMILES string of the molecule is CC(C)(CCCCCc1cc(CCCCCC2(OC=O)CC2)c(O)cc1O)C(=O)O. The van der Waals surface area contributed by atoms with Gasteiger partial charge in [0.2, 0.25) is 0 Å². The van der Waals surface area contributed by atoms with Crippen molar-refractivity contribution in [3.63, 3.8) is 0 Å². The number of rotatable bonds is 15. The molecule has 0 saturated heterocycles. The molecule has 168 valence electrons. The number of unbranched alkanes of at least 4 members (excludes halogenated alkanes) is 4. The standard InChI is InChI=1S/C24H36O6/c1-23(2,22(28)29)11-7-3-5-9-18-15-19(21(27)16-20(18)26)10-6-4-8-12-24(13-14-24)30-17-25/h15-17,26-27H,3-14H2,1-2H3,(H,28,29). The summed E-state index contributed by atoms with van der Waals surface area (Å²) in [7, 11) is 0. The highest BCUT2D eigenvalue weighted by molar-refractivity contribution is 5.73. The largest absolute Gasteiger partial charge is 0.508 e. The molecule has 1 aromatic carbocycles. The summed E-state index contributed by atoms with van der Waals surface area (Å²) in [6.45, 7) is 4.04. The highest BCUT2D eigenvalue weighted by Crippen LogP contribution is 2.43. The Hall–Kier alpha value is -2.24. The van der Waals surface area contributed by atoms with Gasteiger partial charge in [-0.1, -0.05) is 19.3 Å². The molecule has 1 saturated carbocycles. The number of carbonyl (C=O) groups excluding carboxylic acids is 1. The number of aryl methyl sites for hydroxylation is 2. The van der Waals surface area contributed by atoms with Crippen molar-refractivity contribution in [2.45, 2.75) is 96.5 Å². The lowest BCUT2D eigenvalue weighted by Gasteiger charge is -2.18. The maximum Gasteiger partial charge on any atom is 0.309 e. The summed E-state index contributed by atoms with van der Waals surface area (Å²) in [5, 5.41) is 29.5. The number of phenols is 2. The fourth-order valence-corrected chi connectivity index (χ4v) is 3.85. The third-order valence-electron chi connectivity index (χ3n) is 6.29. The lowest BCUT2D eigenvalue weighted by atomic mass is 9.87. The van der Waals surface area contributed by atoms with Gasteiger partial charge in [0, 0.05) is 6.07 Å².